The van der Waals surface area contributed by atoms with Gasteiger partial charge in [0, 0.05) is 17.2 Å². The van der Waals surface area contributed by atoms with E-state index in [2.05, 4.69) is 0 Å². The predicted octanol–water partition coefficient (Wildman–Crippen LogP) is 2.92. The molecule has 2 atom stereocenters. The van der Waals surface area contributed by atoms with Gasteiger partial charge in [-0.05, 0) is 31.4 Å². The molecule has 1 aromatic carbocycles. The number of hydrogen-bond acceptors (Lipinski definition) is 3. The fourth-order valence-corrected chi connectivity index (χ4v) is 2.00. The average molecular weight is 257 g/mol. The van der Waals surface area contributed by atoms with Crippen molar-refractivity contribution in [3.05, 3.63) is 34.9 Å². The number of rotatable bonds is 5. The summed E-state index contributed by atoms with van der Waals surface area (Å²) in [5, 5.41) is 9.43. The monoisotopic (exact) mass is 256 g/mol. The normalized spacial score (nSPS) is 24.1. The molecule has 17 heavy (non-hydrogen) atoms. The number of aliphatic hydroxyl groups excluding tert-OH is 1. The third kappa shape index (κ3) is 3.68. The zero-order chi connectivity index (χ0) is 12.1. The van der Waals surface area contributed by atoms with Crippen molar-refractivity contribution in [2.24, 2.45) is 0 Å². The summed E-state index contributed by atoms with van der Waals surface area (Å²) in [5.74, 6) is 0. The van der Waals surface area contributed by atoms with E-state index in [4.69, 9.17) is 26.2 Å². The van der Waals surface area contributed by atoms with Crippen molar-refractivity contribution >= 4 is 11.6 Å². The molecule has 0 radical (unpaired) electrons. The molecule has 1 saturated heterocycles. The van der Waals surface area contributed by atoms with Gasteiger partial charge in [-0.25, -0.2) is 0 Å². The molecule has 0 aromatic heterocycles. The Morgan fingerprint density at radius 2 is 2.00 bits per heavy atom. The number of aliphatic hydroxyl groups is 1. The zero-order valence-corrected chi connectivity index (χ0v) is 10.4. The maximum Gasteiger partial charge on any atom is 0.184 e. The summed E-state index contributed by atoms with van der Waals surface area (Å²) in [4.78, 5) is 0. The number of hydrogen-bond donors (Lipinski definition) is 1. The topological polar surface area (TPSA) is 38.7 Å². The van der Waals surface area contributed by atoms with Crippen LogP contribution in [0, 0.1) is 0 Å². The van der Waals surface area contributed by atoms with Crippen molar-refractivity contribution < 1.29 is 14.6 Å². The Labute approximate surface area is 106 Å². The van der Waals surface area contributed by atoms with Gasteiger partial charge in [-0.2, -0.15) is 0 Å². The summed E-state index contributed by atoms with van der Waals surface area (Å²) >= 11 is 5.83. The standard InChI is InChI=1S/C13H17ClO3/c14-11-6-4-10(5-7-11)13-16-9-12(17-13)3-1-2-8-15/h4-7,12-13,15H,1-3,8-9H2/t12-,13+/m1/s1. The Kier molecular flexibility index (Phi) is 4.80. The molecule has 1 aliphatic heterocycles. The van der Waals surface area contributed by atoms with Crippen LogP contribution in [0.15, 0.2) is 24.3 Å². The van der Waals surface area contributed by atoms with Crippen LogP contribution in [0.25, 0.3) is 0 Å². The molecule has 1 aliphatic rings. The molecule has 94 valence electrons. The molecular formula is C13H17ClO3. The first-order chi connectivity index (χ1) is 8.29. The molecular weight excluding hydrogens is 240 g/mol. The number of halogens is 1. The first kappa shape index (κ1) is 12.8. The van der Waals surface area contributed by atoms with Gasteiger partial charge in [-0.15, -0.1) is 0 Å². The zero-order valence-electron chi connectivity index (χ0n) is 9.64. The number of unbranched alkanes of at least 4 members (excludes halogenated alkanes) is 1. The van der Waals surface area contributed by atoms with Gasteiger partial charge >= 0.3 is 0 Å². The predicted molar refractivity (Wildman–Crippen MR) is 66.0 cm³/mol. The van der Waals surface area contributed by atoms with Crippen LogP contribution >= 0.6 is 11.6 Å². The molecule has 1 aromatic rings. The van der Waals surface area contributed by atoms with Crippen LogP contribution < -0.4 is 0 Å². The van der Waals surface area contributed by atoms with Crippen LogP contribution in [-0.4, -0.2) is 24.4 Å². The molecule has 4 heteroatoms. The smallest absolute Gasteiger partial charge is 0.184 e. The third-order valence-electron chi connectivity index (χ3n) is 2.83. The average Bonchev–Trinajstić information content (AvgIpc) is 2.79. The summed E-state index contributed by atoms with van der Waals surface area (Å²) < 4.78 is 11.4. The van der Waals surface area contributed by atoms with E-state index in [9.17, 15) is 0 Å². The summed E-state index contributed by atoms with van der Waals surface area (Å²) in [7, 11) is 0. The van der Waals surface area contributed by atoms with E-state index >= 15 is 0 Å². The van der Waals surface area contributed by atoms with E-state index in [0.717, 1.165) is 24.8 Å². The molecule has 3 nitrogen and oxygen atoms in total. The minimum Gasteiger partial charge on any atom is -0.396 e. The van der Waals surface area contributed by atoms with Crippen LogP contribution in [0.3, 0.4) is 0 Å². The highest BCUT2D eigenvalue weighted by Crippen LogP contribution is 2.29. The maximum absolute atomic E-state index is 8.71. The fraction of sp³-hybridized carbons (Fsp3) is 0.538. The van der Waals surface area contributed by atoms with Gasteiger partial charge < -0.3 is 14.6 Å². The van der Waals surface area contributed by atoms with Crippen LogP contribution in [0.2, 0.25) is 5.02 Å². The fourth-order valence-electron chi connectivity index (χ4n) is 1.88. The van der Waals surface area contributed by atoms with E-state index in [1.165, 1.54) is 0 Å². The lowest BCUT2D eigenvalue weighted by molar-refractivity contribution is -0.0614. The van der Waals surface area contributed by atoms with Gasteiger partial charge in [0.25, 0.3) is 0 Å². The minimum absolute atomic E-state index is 0.141. The molecule has 1 fully saturated rings. The Morgan fingerprint density at radius 1 is 1.24 bits per heavy atom. The third-order valence-corrected chi connectivity index (χ3v) is 3.08. The number of benzene rings is 1. The molecule has 0 spiro atoms. The molecule has 0 saturated carbocycles. The highest BCUT2D eigenvalue weighted by Gasteiger charge is 2.26. The van der Waals surface area contributed by atoms with Gasteiger partial charge in [0.1, 0.15) is 0 Å². The van der Waals surface area contributed by atoms with Crippen molar-refractivity contribution in [3.8, 4) is 0 Å². The Bertz CT molecular complexity index is 339. The molecule has 0 amide bonds. The largest absolute Gasteiger partial charge is 0.396 e. The summed E-state index contributed by atoms with van der Waals surface area (Å²) in [5.41, 5.74) is 0.999. The van der Waals surface area contributed by atoms with Gasteiger partial charge in [-0.3, -0.25) is 0 Å². The van der Waals surface area contributed by atoms with Crippen molar-refractivity contribution in [1.29, 1.82) is 0 Å². The van der Waals surface area contributed by atoms with E-state index in [-0.39, 0.29) is 19.0 Å². The van der Waals surface area contributed by atoms with Crippen LogP contribution in [0.1, 0.15) is 31.1 Å². The molecule has 1 heterocycles. The molecule has 0 aliphatic carbocycles. The highest BCUT2D eigenvalue weighted by atomic mass is 35.5. The molecule has 0 unspecified atom stereocenters. The summed E-state index contributed by atoms with van der Waals surface area (Å²) in [6, 6.07) is 7.51. The van der Waals surface area contributed by atoms with Crippen molar-refractivity contribution in [1.82, 2.24) is 0 Å². The van der Waals surface area contributed by atoms with Gasteiger partial charge in [0.05, 0.1) is 12.7 Å². The first-order valence-electron chi connectivity index (χ1n) is 5.93. The molecule has 0 bridgehead atoms. The minimum atomic E-state index is -0.272. The second-order valence-corrected chi connectivity index (χ2v) is 4.63. The lowest BCUT2D eigenvalue weighted by Gasteiger charge is -2.11. The Hall–Kier alpha value is -0.610. The van der Waals surface area contributed by atoms with Crippen LogP contribution in [0.4, 0.5) is 0 Å². The molecule has 2 rings (SSSR count). The Balaban J connectivity index is 1.83. The van der Waals surface area contributed by atoms with E-state index in [1.54, 1.807) is 0 Å². The van der Waals surface area contributed by atoms with Crippen LogP contribution in [0.5, 0.6) is 0 Å². The van der Waals surface area contributed by atoms with E-state index in [1.807, 2.05) is 24.3 Å². The van der Waals surface area contributed by atoms with E-state index in [0.29, 0.717) is 11.6 Å². The lowest BCUT2D eigenvalue weighted by Crippen LogP contribution is -2.09. The van der Waals surface area contributed by atoms with Gasteiger partial charge in [0.15, 0.2) is 6.29 Å². The maximum atomic E-state index is 8.71. The van der Waals surface area contributed by atoms with Gasteiger partial charge in [-0.1, -0.05) is 23.7 Å². The first-order valence-corrected chi connectivity index (χ1v) is 6.31. The Morgan fingerprint density at radius 3 is 2.71 bits per heavy atom. The van der Waals surface area contributed by atoms with E-state index < -0.39 is 0 Å². The summed E-state index contributed by atoms with van der Waals surface area (Å²) in [6.07, 6.45) is 2.60. The molecule has 1 N–H and O–H groups in total. The van der Waals surface area contributed by atoms with Crippen molar-refractivity contribution in [2.75, 3.05) is 13.2 Å². The van der Waals surface area contributed by atoms with Crippen LogP contribution in [-0.2, 0) is 9.47 Å². The summed E-state index contributed by atoms with van der Waals surface area (Å²) in [6.45, 7) is 0.868. The lowest BCUT2D eigenvalue weighted by atomic mass is 10.2. The van der Waals surface area contributed by atoms with Crippen molar-refractivity contribution in [3.63, 3.8) is 0 Å². The second kappa shape index (κ2) is 6.36. The number of ether oxygens (including phenoxy) is 2. The van der Waals surface area contributed by atoms with Gasteiger partial charge in [0.2, 0.25) is 0 Å². The highest BCUT2D eigenvalue weighted by molar-refractivity contribution is 6.30. The SMILES string of the molecule is OCCCC[C@@H]1CO[C@H](c2ccc(Cl)cc2)O1. The quantitative estimate of drug-likeness (QED) is 0.824. The second-order valence-electron chi connectivity index (χ2n) is 4.19. The van der Waals surface area contributed by atoms with Crippen molar-refractivity contribution in [2.45, 2.75) is 31.7 Å².